The molecule has 8 heteroatoms. The van der Waals surface area contributed by atoms with Crippen LogP contribution in [-0.2, 0) is 14.3 Å². The van der Waals surface area contributed by atoms with Crippen LogP contribution in [0.15, 0.2) is 42.5 Å². The number of nitriles is 1. The van der Waals surface area contributed by atoms with E-state index in [1.165, 1.54) is 42.5 Å². The molecular formula is C19H16FN3O4. The third-order valence-corrected chi connectivity index (χ3v) is 3.43. The van der Waals surface area contributed by atoms with E-state index in [-0.39, 0.29) is 17.7 Å². The summed E-state index contributed by atoms with van der Waals surface area (Å²) < 4.78 is 18.3. The maximum atomic E-state index is 13.4. The number of nitrogens with one attached hydrogen (secondary N) is 2. The van der Waals surface area contributed by atoms with E-state index in [4.69, 9.17) is 10.00 Å². The molecule has 2 rings (SSSR count). The van der Waals surface area contributed by atoms with Crippen LogP contribution in [0.25, 0.3) is 0 Å². The number of nitrogens with zero attached hydrogens (tertiary/aromatic N) is 1. The van der Waals surface area contributed by atoms with Crippen molar-refractivity contribution in [3.63, 3.8) is 0 Å². The standard InChI is InChI=1S/C19H16FN3O4/c1-12-2-5-15(10-16(12)20)23-18(25)11-27-19(26)13-3-6-14(7-4-13)22-17(24)8-9-21/h2-7,10H,8,11H2,1H3,(H,22,24)(H,23,25). The molecule has 0 saturated heterocycles. The fourth-order valence-electron chi connectivity index (χ4n) is 2.05. The summed E-state index contributed by atoms with van der Waals surface area (Å²) in [6.45, 7) is 1.07. The van der Waals surface area contributed by atoms with Gasteiger partial charge >= 0.3 is 5.97 Å². The number of aryl methyl sites for hydroxylation is 1. The van der Waals surface area contributed by atoms with Gasteiger partial charge in [0.2, 0.25) is 5.91 Å². The Balaban J connectivity index is 1.85. The largest absolute Gasteiger partial charge is 0.452 e. The lowest BCUT2D eigenvalue weighted by atomic mass is 10.2. The van der Waals surface area contributed by atoms with Gasteiger partial charge in [-0.3, -0.25) is 9.59 Å². The molecule has 0 aliphatic rings. The smallest absolute Gasteiger partial charge is 0.338 e. The maximum Gasteiger partial charge on any atom is 0.338 e. The van der Waals surface area contributed by atoms with E-state index in [2.05, 4.69) is 10.6 Å². The van der Waals surface area contributed by atoms with Crippen molar-refractivity contribution in [1.29, 1.82) is 5.26 Å². The van der Waals surface area contributed by atoms with Crippen LogP contribution in [-0.4, -0.2) is 24.4 Å². The van der Waals surface area contributed by atoms with Crippen LogP contribution in [0.4, 0.5) is 15.8 Å². The number of ether oxygens (including phenoxy) is 1. The number of hydrogen-bond donors (Lipinski definition) is 2. The number of esters is 1. The highest BCUT2D eigenvalue weighted by molar-refractivity contribution is 5.96. The van der Waals surface area contributed by atoms with Crippen molar-refractivity contribution >= 4 is 29.2 Å². The van der Waals surface area contributed by atoms with Crippen LogP contribution in [0.2, 0.25) is 0 Å². The lowest BCUT2D eigenvalue weighted by Gasteiger charge is -2.08. The summed E-state index contributed by atoms with van der Waals surface area (Å²) in [6.07, 6.45) is -0.274. The fraction of sp³-hybridized carbons (Fsp3) is 0.158. The van der Waals surface area contributed by atoms with Crippen molar-refractivity contribution in [3.05, 3.63) is 59.4 Å². The number of amides is 2. The number of rotatable bonds is 6. The maximum absolute atomic E-state index is 13.4. The molecule has 138 valence electrons. The Morgan fingerprint density at radius 3 is 2.30 bits per heavy atom. The zero-order valence-electron chi connectivity index (χ0n) is 14.4. The number of carbonyl (C=O) groups is 3. The molecule has 0 radical (unpaired) electrons. The molecule has 7 nitrogen and oxygen atoms in total. The second-order valence-electron chi connectivity index (χ2n) is 5.55. The highest BCUT2D eigenvalue weighted by Gasteiger charge is 2.11. The number of carbonyl (C=O) groups excluding carboxylic acids is 3. The van der Waals surface area contributed by atoms with E-state index in [9.17, 15) is 18.8 Å². The molecule has 27 heavy (non-hydrogen) atoms. The minimum atomic E-state index is -0.727. The number of hydrogen-bond acceptors (Lipinski definition) is 5. The van der Waals surface area contributed by atoms with Crippen molar-refractivity contribution in [2.24, 2.45) is 0 Å². The fourth-order valence-corrected chi connectivity index (χ4v) is 2.05. The van der Waals surface area contributed by atoms with Gasteiger partial charge in [-0.25, -0.2) is 9.18 Å². The van der Waals surface area contributed by atoms with Crippen LogP contribution >= 0.6 is 0 Å². The molecular weight excluding hydrogens is 353 g/mol. The van der Waals surface area contributed by atoms with E-state index in [0.29, 0.717) is 11.3 Å². The van der Waals surface area contributed by atoms with Crippen molar-refractivity contribution in [3.8, 4) is 6.07 Å². The average molecular weight is 369 g/mol. The number of anilines is 2. The minimum absolute atomic E-state index is 0.183. The second-order valence-corrected chi connectivity index (χ2v) is 5.55. The van der Waals surface area contributed by atoms with Gasteiger partial charge in [-0.1, -0.05) is 6.07 Å². The Kier molecular flexibility index (Phi) is 6.61. The minimum Gasteiger partial charge on any atom is -0.452 e. The van der Waals surface area contributed by atoms with Crippen LogP contribution in [0.5, 0.6) is 0 Å². The van der Waals surface area contributed by atoms with Gasteiger partial charge in [0.05, 0.1) is 11.6 Å². The first kappa shape index (κ1) is 19.6. The Bertz CT molecular complexity index is 904. The third-order valence-electron chi connectivity index (χ3n) is 3.43. The molecule has 0 atom stereocenters. The molecule has 0 aliphatic heterocycles. The summed E-state index contributed by atoms with van der Waals surface area (Å²) >= 11 is 0. The summed E-state index contributed by atoms with van der Waals surface area (Å²) in [5.74, 6) is -2.24. The molecule has 2 N–H and O–H groups in total. The molecule has 0 saturated carbocycles. The van der Waals surface area contributed by atoms with Crippen molar-refractivity contribution in [2.75, 3.05) is 17.2 Å². The van der Waals surface area contributed by atoms with Crippen LogP contribution in [0.1, 0.15) is 22.3 Å². The predicted octanol–water partition coefficient (Wildman–Crippen LogP) is 2.78. The van der Waals surface area contributed by atoms with Gasteiger partial charge in [0, 0.05) is 11.4 Å². The number of halogens is 1. The summed E-state index contributed by atoms with van der Waals surface area (Å²) in [5.41, 5.74) is 1.32. The van der Waals surface area contributed by atoms with E-state index >= 15 is 0 Å². The Morgan fingerprint density at radius 1 is 1.04 bits per heavy atom. The molecule has 2 aromatic carbocycles. The summed E-state index contributed by atoms with van der Waals surface area (Å²) in [4.78, 5) is 35.0. The first-order chi connectivity index (χ1) is 12.9. The van der Waals surface area contributed by atoms with Crippen LogP contribution in [0, 0.1) is 24.1 Å². The lowest BCUT2D eigenvalue weighted by molar-refractivity contribution is -0.119. The van der Waals surface area contributed by atoms with Gasteiger partial charge in [-0.15, -0.1) is 0 Å². The van der Waals surface area contributed by atoms with Gasteiger partial charge in [0.25, 0.3) is 5.91 Å². The van der Waals surface area contributed by atoms with Gasteiger partial charge in [-0.05, 0) is 48.9 Å². The quantitative estimate of drug-likeness (QED) is 0.761. The molecule has 0 bridgehead atoms. The number of benzene rings is 2. The van der Waals surface area contributed by atoms with Gasteiger partial charge in [0.15, 0.2) is 6.61 Å². The molecule has 0 heterocycles. The van der Waals surface area contributed by atoms with E-state index < -0.39 is 30.2 Å². The molecule has 0 aliphatic carbocycles. The first-order valence-electron chi connectivity index (χ1n) is 7.89. The molecule has 0 unspecified atom stereocenters. The Hall–Kier alpha value is -3.73. The van der Waals surface area contributed by atoms with E-state index in [1.54, 1.807) is 13.0 Å². The van der Waals surface area contributed by atoms with Crippen molar-refractivity contribution in [2.45, 2.75) is 13.3 Å². The van der Waals surface area contributed by atoms with E-state index in [0.717, 1.165) is 0 Å². The topological polar surface area (TPSA) is 108 Å². The highest BCUT2D eigenvalue weighted by Crippen LogP contribution is 2.14. The van der Waals surface area contributed by atoms with E-state index in [1.807, 2.05) is 0 Å². The van der Waals surface area contributed by atoms with Crippen molar-refractivity contribution < 1.29 is 23.5 Å². The Morgan fingerprint density at radius 2 is 1.67 bits per heavy atom. The third kappa shape index (κ3) is 5.93. The summed E-state index contributed by atoms with van der Waals surface area (Å²) in [7, 11) is 0. The highest BCUT2D eigenvalue weighted by atomic mass is 19.1. The van der Waals surface area contributed by atoms with Gasteiger partial charge < -0.3 is 15.4 Å². The molecule has 0 fully saturated rings. The molecule has 0 aromatic heterocycles. The molecule has 2 aromatic rings. The normalized spacial score (nSPS) is 9.81. The van der Waals surface area contributed by atoms with Gasteiger partial charge in [-0.2, -0.15) is 5.26 Å². The van der Waals surface area contributed by atoms with Gasteiger partial charge in [0.1, 0.15) is 12.2 Å². The average Bonchev–Trinajstić information content (AvgIpc) is 2.63. The van der Waals surface area contributed by atoms with Crippen LogP contribution in [0.3, 0.4) is 0 Å². The molecule has 2 amide bonds. The zero-order valence-corrected chi connectivity index (χ0v) is 14.4. The monoisotopic (exact) mass is 369 g/mol. The Labute approximate surface area is 154 Å². The SMILES string of the molecule is Cc1ccc(NC(=O)COC(=O)c2ccc(NC(=O)CC#N)cc2)cc1F. The lowest BCUT2D eigenvalue weighted by Crippen LogP contribution is -2.21. The molecule has 0 spiro atoms. The second kappa shape index (κ2) is 9.10. The summed E-state index contributed by atoms with van der Waals surface area (Å²) in [5, 5.41) is 13.3. The predicted molar refractivity (Wildman–Crippen MR) is 95.4 cm³/mol. The van der Waals surface area contributed by atoms with Crippen LogP contribution < -0.4 is 10.6 Å². The summed E-state index contributed by atoms with van der Waals surface area (Å²) in [6, 6.07) is 11.7. The zero-order chi connectivity index (χ0) is 19.8. The van der Waals surface area contributed by atoms with Crippen molar-refractivity contribution in [1.82, 2.24) is 0 Å². The first-order valence-corrected chi connectivity index (χ1v) is 7.89.